The van der Waals surface area contributed by atoms with Gasteiger partial charge in [-0.15, -0.1) is 0 Å². The van der Waals surface area contributed by atoms with Gasteiger partial charge in [-0.3, -0.25) is 0 Å². The SMILES string of the molecule is N#[N+]c1ccc2c(S(=O)(=O)Oc3cc(OS(=O)(=O)c4cccc5ccccc45)cc(OS(=O)(=O)c4cccc5c([O-])c([N+]#N)ccc45)c3)cccc2c1[O-]. The summed E-state index contributed by atoms with van der Waals surface area (Å²) in [7, 11) is -14.4. The normalized spacial score (nSPS) is 11.9. The van der Waals surface area contributed by atoms with Gasteiger partial charge in [0.15, 0.2) is 9.95 Å². The summed E-state index contributed by atoms with van der Waals surface area (Å²) < 4.78 is 98.4. The molecule has 7 aromatic carbocycles. The number of hydrogen-bond acceptors (Lipinski definition) is 13. The summed E-state index contributed by atoms with van der Waals surface area (Å²) >= 11 is 0. The van der Waals surface area contributed by atoms with Crippen LogP contribution in [0.2, 0.25) is 0 Å². The van der Waals surface area contributed by atoms with E-state index in [-0.39, 0.29) is 37.8 Å². The van der Waals surface area contributed by atoms with Gasteiger partial charge < -0.3 is 22.8 Å². The third-order valence-corrected chi connectivity index (χ3v) is 12.1. The molecule has 0 aliphatic rings. The molecule has 18 heteroatoms. The van der Waals surface area contributed by atoms with Crippen LogP contribution in [0.1, 0.15) is 0 Å². The lowest BCUT2D eigenvalue weighted by atomic mass is 10.1. The molecule has 0 saturated carbocycles. The average Bonchev–Trinajstić information content (AvgIpc) is 3.14. The summed E-state index contributed by atoms with van der Waals surface area (Å²) in [5.41, 5.74) is -0.695. The maximum absolute atomic E-state index is 13.7. The van der Waals surface area contributed by atoms with E-state index in [9.17, 15) is 35.5 Å². The molecule has 268 valence electrons. The van der Waals surface area contributed by atoms with Crippen molar-refractivity contribution >= 4 is 74.0 Å². The first-order chi connectivity index (χ1) is 25.7. The van der Waals surface area contributed by atoms with E-state index in [0.29, 0.717) is 10.8 Å². The number of rotatable bonds is 9. The second-order valence-electron chi connectivity index (χ2n) is 11.5. The summed E-state index contributed by atoms with van der Waals surface area (Å²) in [4.78, 5) is 4.52. The molecule has 15 nitrogen and oxygen atoms in total. The fraction of sp³-hybridized carbons (Fsp3) is 0. The molecule has 0 aliphatic carbocycles. The molecule has 0 aliphatic heterocycles. The van der Waals surface area contributed by atoms with Crippen LogP contribution in [0.25, 0.3) is 42.3 Å². The van der Waals surface area contributed by atoms with E-state index in [1.165, 1.54) is 48.5 Å². The largest absolute Gasteiger partial charge is 0.867 e. The molecule has 0 N–H and O–H groups in total. The van der Waals surface area contributed by atoms with Crippen LogP contribution in [-0.2, 0) is 30.4 Å². The summed E-state index contributed by atoms with van der Waals surface area (Å²) in [5.74, 6) is -3.51. The van der Waals surface area contributed by atoms with Gasteiger partial charge in [0.2, 0.25) is 10.8 Å². The van der Waals surface area contributed by atoms with E-state index in [1.807, 2.05) is 0 Å². The molecule has 0 amide bonds. The summed E-state index contributed by atoms with van der Waals surface area (Å²) in [5, 5.41) is 44.1. The van der Waals surface area contributed by atoms with Crippen molar-refractivity contribution < 1.29 is 48.0 Å². The van der Waals surface area contributed by atoms with Crippen molar-refractivity contribution in [1.29, 1.82) is 10.8 Å². The Hall–Kier alpha value is -6.99. The van der Waals surface area contributed by atoms with Gasteiger partial charge in [-0.05, 0) is 58.0 Å². The number of fused-ring (bicyclic) bond motifs is 3. The van der Waals surface area contributed by atoms with Gasteiger partial charge in [-0.1, -0.05) is 60.7 Å². The summed E-state index contributed by atoms with van der Waals surface area (Å²) in [6, 6.07) is 25.5. The third-order valence-electron chi connectivity index (χ3n) is 8.15. The minimum Gasteiger partial charge on any atom is -0.867 e. The number of nitrogens with zero attached hydrogens (tertiary/aromatic N) is 4. The van der Waals surface area contributed by atoms with Gasteiger partial charge in [-0.2, -0.15) is 25.3 Å². The smallest absolute Gasteiger partial charge is 0.378 e. The number of hydrogen-bond donors (Lipinski definition) is 0. The van der Waals surface area contributed by atoms with Crippen LogP contribution in [0, 0.1) is 10.8 Å². The van der Waals surface area contributed by atoms with Crippen molar-refractivity contribution in [2.45, 2.75) is 14.7 Å². The molecule has 0 atom stereocenters. The molecule has 0 fully saturated rings. The van der Waals surface area contributed by atoms with Gasteiger partial charge in [-0.25, -0.2) is 0 Å². The molecule has 0 bridgehead atoms. The Morgan fingerprint density at radius 3 is 1.20 bits per heavy atom. The Balaban J connectivity index is 1.34. The Bertz CT molecular complexity index is 2980. The molecule has 54 heavy (non-hydrogen) atoms. The number of benzene rings is 7. The molecule has 0 aromatic heterocycles. The monoisotopic (exact) mass is 780 g/mol. The Morgan fingerprint density at radius 2 is 0.778 bits per heavy atom. The van der Waals surface area contributed by atoms with E-state index in [1.54, 1.807) is 30.3 Å². The highest BCUT2D eigenvalue weighted by atomic mass is 32.2. The highest BCUT2D eigenvalue weighted by Gasteiger charge is 2.27. The van der Waals surface area contributed by atoms with Crippen molar-refractivity contribution in [2.24, 2.45) is 0 Å². The van der Waals surface area contributed by atoms with Crippen LogP contribution < -0.4 is 22.8 Å². The van der Waals surface area contributed by atoms with Gasteiger partial charge in [0.25, 0.3) is 0 Å². The molecule has 0 unspecified atom stereocenters. The Kier molecular flexibility index (Phi) is 8.66. The maximum Gasteiger partial charge on any atom is 0.378 e. The van der Waals surface area contributed by atoms with E-state index in [0.717, 1.165) is 42.5 Å². The first-order valence-electron chi connectivity index (χ1n) is 15.3. The predicted octanol–water partition coefficient (Wildman–Crippen LogP) is 6.57. The molecule has 0 saturated heterocycles. The topological polar surface area (TPSA) is 233 Å². The summed E-state index contributed by atoms with van der Waals surface area (Å²) in [6.07, 6.45) is 0. The summed E-state index contributed by atoms with van der Waals surface area (Å²) in [6.45, 7) is 0. The van der Waals surface area contributed by atoms with Crippen LogP contribution in [0.15, 0.2) is 136 Å². The third kappa shape index (κ3) is 6.37. The Morgan fingerprint density at radius 1 is 0.426 bits per heavy atom. The fourth-order valence-corrected chi connectivity index (χ4v) is 9.20. The van der Waals surface area contributed by atoms with Crippen molar-refractivity contribution in [2.75, 3.05) is 0 Å². The van der Waals surface area contributed by atoms with Crippen LogP contribution in [0.5, 0.6) is 28.7 Å². The lowest BCUT2D eigenvalue weighted by molar-refractivity contribution is -0.265. The number of diazo groups is 2. The first kappa shape index (κ1) is 35.4. The lowest BCUT2D eigenvalue weighted by Crippen LogP contribution is -2.14. The van der Waals surface area contributed by atoms with Gasteiger partial charge >= 0.3 is 41.7 Å². The van der Waals surface area contributed by atoms with Crippen molar-refractivity contribution in [3.8, 4) is 28.7 Å². The zero-order valence-electron chi connectivity index (χ0n) is 27.1. The van der Waals surface area contributed by atoms with Crippen molar-refractivity contribution in [1.82, 2.24) is 0 Å². The molecule has 0 radical (unpaired) electrons. The molecular formula is C36H20N4O11S3. The van der Waals surface area contributed by atoms with E-state index in [4.69, 9.17) is 23.3 Å². The van der Waals surface area contributed by atoms with Gasteiger partial charge in [0.1, 0.15) is 31.9 Å². The van der Waals surface area contributed by atoms with Crippen molar-refractivity contribution in [3.63, 3.8) is 0 Å². The lowest BCUT2D eigenvalue weighted by Gasteiger charge is -2.16. The predicted molar refractivity (Wildman–Crippen MR) is 190 cm³/mol. The Labute approximate surface area is 306 Å². The molecule has 0 heterocycles. The van der Waals surface area contributed by atoms with E-state index >= 15 is 0 Å². The standard InChI is InChI=1S/C36H20N4O11S3/c37-39-30-16-14-26-28(35(30)41)9-4-12-33(26)53(45,46)50-23-18-22(49-52(43,44)32-11-3-7-21-6-1-2-8-25(21)32)19-24(20-23)51-54(47,48)34-13-5-10-29-27(34)15-17-31(40-38)36(29)42/h1-20H. The zero-order valence-corrected chi connectivity index (χ0v) is 29.5. The minimum atomic E-state index is -4.88. The molecule has 7 rings (SSSR count). The minimum absolute atomic E-state index is 0.106. The van der Waals surface area contributed by atoms with Crippen LogP contribution >= 0.6 is 0 Å². The van der Waals surface area contributed by atoms with E-state index < -0.39 is 68.9 Å². The van der Waals surface area contributed by atoms with Crippen LogP contribution in [-0.4, -0.2) is 25.3 Å². The highest BCUT2D eigenvalue weighted by molar-refractivity contribution is 7.88. The average molecular weight is 781 g/mol. The fourth-order valence-electron chi connectivity index (χ4n) is 5.79. The maximum atomic E-state index is 13.7. The van der Waals surface area contributed by atoms with E-state index in [2.05, 4.69) is 9.95 Å². The van der Waals surface area contributed by atoms with Crippen LogP contribution in [0.4, 0.5) is 11.4 Å². The molecular weight excluding hydrogens is 761 g/mol. The van der Waals surface area contributed by atoms with Crippen molar-refractivity contribution in [3.05, 3.63) is 131 Å². The van der Waals surface area contributed by atoms with Gasteiger partial charge in [0, 0.05) is 46.5 Å². The zero-order chi connectivity index (χ0) is 38.4. The second kappa shape index (κ2) is 13.2. The second-order valence-corrected chi connectivity index (χ2v) is 16.0. The molecule has 7 aromatic rings. The van der Waals surface area contributed by atoms with Gasteiger partial charge in [0.05, 0.1) is 0 Å². The highest BCUT2D eigenvalue weighted by Crippen LogP contribution is 2.40. The quantitative estimate of drug-likeness (QED) is 0.112. The first-order valence-corrected chi connectivity index (χ1v) is 19.6. The molecule has 0 spiro atoms. The van der Waals surface area contributed by atoms with Crippen LogP contribution in [0.3, 0.4) is 0 Å².